The standard InChI is InChI=1S/C7H12N2S2/c1-5(2)6-4-9-7(10-6)11-8-3/h4-5,8H,1-3H3. The van der Waals surface area contributed by atoms with Crippen LogP contribution in [0.5, 0.6) is 0 Å². The summed E-state index contributed by atoms with van der Waals surface area (Å²) < 4.78 is 4.09. The Bertz CT molecular complexity index is 220. The van der Waals surface area contributed by atoms with Crippen molar-refractivity contribution in [1.82, 2.24) is 9.71 Å². The zero-order valence-corrected chi connectivity index (χ0v) is 8.55. The maximum atomic E-state index is 4.25. The molecule has 0 radical (unpaired) electrons. The van der Waals surface area contributed by atoms with Crippen molar-refractivity contribution in [1.29, 1.82) is 0 Å². The second-order valence-electron chi connectivity index (χ2n) is 2.49. The average Bonchev–Trinajstić information content (AvgIpc) is 2.37. The molecule has 0 saturated carbocycles. The Balaban J connectivity index is 2.66. The van der Waals surface area contributed by atoms with E-state index in [1.165, 1.54) is 4.88 Å². The fourth-order valence-electron chi connectivity index (χ4n) is 0.671. The van der Waals surface area contributed by atoms with Crippen molar-refractivity contribution < 1.29 is 0 Å². The lowest BCUT2D eigenvalue weighted by atomic mass is 10.2. The highest BCUT2D eigenvalue weighted by Gasteiger charge is 2.04. The van der Waals surface area contributed by atoms with Crippen LogP contribution in [0.25, 0.3) is 0 Å². The second-order valence-corrected chi connectivity index (χ2v) is 4.81. The predicted octanol–water partition coefficient (Wildman–Crippen LogP) is 2.49. The van der Waals surface area contributed by atoms with E-state index in [4.69, 9.17) is 0 Å². The molecule has 0 bridgehead atoms. The van der Waals surface area contributed by atoms with E-state index in [1.807, 2.05) is 13.2 Å². The normalized spacial score (nSPS) is 10.9. The van der Waals surface area contributed by atoms with Crippen molar-refractivity contribution in [3.63, 3.8) is 0 Å². The van der Waals surface area contributed by atoms with Crippen LogP contribution in [-0.4, -0.2) is 12.0 Å². The number of thiazole rings is 1. The molecule has 1 N–H and O–H groups in total. The van der Waals surface area contributed by atoms with Gasteiger partial charge in [-0.05, 0) is 24.9 Å². The van der Waals surface area contributed by atoms with Crippen LogP contribution in [-0.2, 0) is 0 Å². The molecule has 4 heteroatoms. The molecular weight excluding hydrogens is 176 g/mol. The van der Waals surface area contributed by atoms with Gasteiger partial charge in [-0.1, -0.05) is 13.8 Å². The molecule has 0 atom stereocenters. The third-order valence-corrected chi connectivity index (χ3v) is 3.34. The monoisotopic (exact) mass is 188 g/mol. The molecule has 1 rings (SSSR count). The SMILES string of the molecule is CNSc1ncc(C(C)C)s1. The third-order valence-electron chi connectivity index (χ3n) is 1.26. The molecule has 0 amide bonds. The second kappa shape index (κ2) is 4.09. The molecule has 0 fully saturated rings. The Morgan fingerprint density at radius 2 is 2.36 bits per heavy atom. The lowest BCUT2D eigenvalue weighted by molar-refractivity contribution is 0.885. The summed E-state index contributed by atoms with van der Waals surface area (Å²) in [6.45, 7) is 4.36. The van der Waals surface area contributed by atoms with E-state index >= 15 is 0 Å². The van der Waals surface area contributed by atoms with Crippen molar-refractivity contribution in [2.75, 3.05) is 7.05 Å². The van der Waals surface area contributed by atoms with Crippen LogP contribution in [0.4, 0.5) is 0 Å². The largest absolute Gasteiger partial charge is 0.261 e. The summed E-state index contributed by atoms with van der Waals surface area (Å²) in [4.78, 5) is 5.60. The number of nitrogens with zero attached hydrogens (tertiary/aromatic N) is 1. The summed E-state index contributed by atoms with van der Waals surface area (Å²) in [6.07, 6.45) is 1.95. The van der Waals surface area contributed by atoms with Gasteiger partial charge in [0.2, 0.25) is 0 Å². The van der Waals surface area contributed by atoms with Gasteiger partial charge in [0.05, 0.1) is 0 Å². The van der Waals surface area contributed by atoms with E-state index in [0.29, 0.717) is 5.92 Å². The van der Waals surface area contributed by atoms with Gasteiger partial charge in [0, 0.05) is 11.1 Å². The number of hydrogen-bond acceptors (Lipinski definition) is 4. The highest BCUT2D eigenvalue weighted by molar-refractivity contribution is 7.99. The number of nitrogens with one attached hydrogen (secondary N) is 1. The first kappa shape index (κ1) is 9.03. The molecule has 0 aliphatic heterocycles. The topological polar surface area (TPSA) is 24.9 Å². The van der Waals surface area contributed by atoms with E-state index in [0.717, 1.165) is 4.34 Å². The Morgan fingerprint density at radius 3 is 2.82 bits per heavy atom. The fourth-order valence-corrected chi connectivity index (χ4v) is 2.30. The van der Waals surface area contributed by atoms with Crippen LogP contribution in [0.2, 0.25) is 0 Å². The van der Waals surface area contributed by atoms with E-state index in [9.17, 15) is 0 Å². The van der Waals surface area contributed by atoms with Crippen molar-refractivity contribution in [3.05, 3.63) is 11.1 Å². The van der Waals surface area contributed by atoms with Crippen LogP contribution in [0.15, 0.2) is 10.5 Å². The lowest BCUT2D eigenvalue weighted by Crippen LogP contribution is -1.88. The minimum absolute atomic E-state index is 0.596. The van der Waals surface area contributed by atoms with Gasteiger partial charge in [0.15, 0.2) is 4.34 Å². The highest BCUT2D eigenvalue weighted by Crippen LogP contribution is 2.26. The summed E-state index contributed by atoms with van der Waals surface area (Å²) in [5.74, 6) is 0.596. The minimum Gasteiger partial charge on any atom is -0.261 e. The van der Waals surface area contributed by atoms with Crippen LogP contribution in [0, 0.1) is 0 Å². The smallest absolute Gasteiger partial charge is 0.165 e. The molecule has 0 aliphatic rings. The van der Waals surface area contributed by atoms with Gasteiger partial charge in [0.1, 0.15) is 0 Å². The third kappa shape index (κ3) is 2.47. The summed E-state index contributed by atoms with van der Waals surface area (Å²) in [6, 6.07) is 0. The van der Waals surface area contributed by atoms with Gasteiger partial charge < -0.3 is 0 Å². The van der Waals surface area contributed by atoms with E-state index in [2.05, 4.69) is 23.6 Å². The van der Waals surface area contributed by atoms with Crippen LogP contribution >= 0.6 is 23.3 Å². The van der Waals surface area contributed by atoms with Crippen molar-refractivity contribution in [2.45, 2.75) is 24.1 Å². The van der Waals surface area contributed by atoms with Gasteiger partial charge in [-0.15, -0.1) is 11.3 Å². The molecule has 0 aromatic carbocycles. The van der Waals surface area contributed by atoms with Crippen molar-refractivity contribution in [2.24, 2.45) is 0 Å². The molecule has 0 unspecified atom stereocenters. The Kier molecular flexibility index (Phi) is 3.36. The van der Waals surface area contributed by atoms with Crippen LogP contribution in [0.3, 0.4) is 0 Å². The van der Waals surface area contributed by atoms with Gasteiger partial charge in [-0.25, -0.2) is 4.98 Å². The molecule has 2 nitrogen and oxygen atoms in total. The molecule has 0 aliphatic carbocycles. The van der Waals surface area contributed by atoms with E-state index in [-0.39, 0.29) is 0 Å². The van der Waals surface area contributed by atoms with Gasteiger partial charge in [-0.2, -0.15) is 0 Å². The zero-order chi connectivity index (χ0) is 8.27. The molecule has 1 heterocycles. The van der Waals surface area contributed by atoms with Gasteiger partial charge in [0.25, 0.3) is 0 Å². The minimum atomic E-state index is 0.596. The molecule has 1 aromatic rings. The molecule has 11 heavy (non-hydrogen) atoms. The maximum Gasteiger partial charge on any atom is 0.165 e. The van der Waals surface area contributed by atoms with Crippen molar-refractivity contribution >= 4 is 23.3 Å². The maximum absolute atomic E-state index is 4.25. The summed E-state index contributed by atoms with van der Waals surface area (Å²) in [5.41, 5.74) is 0. The molecule has 0 spiro atoms. The summed E-state index contributed by atoms with van der Waals surface area (Å²) >= 11 is 3.33. The van der Waals surface area contributed by atoms with Crippen LogP contribution in [0.1, 0.15) is 24.6 Å². The number of rotatable bonds is 3. The van der Waals surface area contributed by atoms with Gasteiger partial charge in [-0.3, -0.25) is 4.72 Å². The molecule has 0 saturated heterocycles. The average molecular weight is 188 g/mol. The molecule has 1 aromatic heterocycles. The van der Waals surface area contributed by atoms with Crippen molar-refractivity contribution in [3.8, 4) is 0 Å². The van der Waals surface area contributed by atoms with E-state index in [1.54, 1.807) is 23.3 Å². The number of aromatic nitrogens is 1. The Hall–Kier alpha value is -0.0600. The fraction of sp³-hybridized carbons (Fsp3) is 0.571. The first-order valence-corrected chi connectivity index (χ1v) is 5.16. The zero-order valence-electron chi connectivity index (χ0n) is 6.92. The quantitative estimate of drug-likeness (QED) is 0.738. The van der Waals surface area contributed by atoms with E-state index < -0.39 is 0 Å². The Morgan fingerprint density at radius 1 is 1.64 bits per heavy atom. The Labute approximate surface area is 75.6 Å². The molecular formula is C7H12N2S2. The van der Waals surface area contributed by atoms with Gasteiger partial charge >= 0.3 is 0 Å². The number of hydrogen-bond donors (Lipinski definition) is 1. The van der Waals surface area contributed by atoms with Crippen LogP contribution < -0.4 is 4.72 Å². The predicted molar refractivity (Wildman–Crippen MR) is 51.1 cm³/mol. The lowest BCUT2D eigenvalue weighted by Gasteiger charge is -1.95. The summed E-state index contributed by atoms with van der Waals surface area (Å²) in [5, 5.41) is 0. The molecule has 62 valence electrons. The highest BCUT2D eigenvalue weighted by atomic mass is 32.2. The first-order valence-electron chi connectivity index (χ1n) is 3.53. The summed E-state index contributed by atoms with van der Waals surface area (Å²) in [7, 11) is 1.90. The first-order chi connectivity index (χ1) is 5.24.